The maximum absolute atomic E-state index is 12.1. The molecule has 0 bridgehead atoms. The van der Waals surface area contributed by atoms with E-state index in [9.17, 15) is 10.1 Å². The molecule has 0 spiro atoms. The van der Waals surface area contributed by atoms with Gasteiger partial charge in [0.25, 0.3) is 0 Å². The van der Waals surface area contributed by atoms with E-state index in [2.05, 4.69) is 0 Å². The van der Waals surface area contributed by atoms with E-state index in [0.717, 1.165) is 21.5 Å². The summed E-state index contributed by atoms with van der Waals surface area (Å²) in [5.74, 6) is 0. The summed E-state index contributed by atoms with van der Waals surface area (Å²) < 4.78 is 6.04. The van der Waals surface area contributed by atoms with Crippen LogP contribution in [0.5, 0.6) is 0 Å². The zero-order valence-corrected chi connectivity index (χ0v) is 17.3. The van der Waals surface area contributed by atoms with Crippen LogP contribution in [0, 0.1) is 10.1 Å². The molecule has 0 fully saturated rings. The van der Waals surface area contributed by atoms with Gasteiger partial charge in [0.15, 0.2) is 0 Å². The quantitative estimate of drug-likeness (QED) is 0.247. The Kier molecular flexibility index (Phi) is 5.35. The molecule has 4 nitrogen and oxygen atoms in total. The van der Waals surface area contributed by atoms with Gasteiger partial charge in [-0.1, -0.05) is 0 Å². The van der Waals surface area contributed by atoms with E-state index >= 15 is 0 Å². The fraction of sp³-hybridized carbons (Fsp3) is 0.0400. The second-order valence-corrected chi connectivity index (χ2v) is 11.6. The molecule has 4 aromatic carbocycles. The zero-order chi connectivity index (χ0) is 20.9. The topological polar surface area (TPSA) is 52.4 Å². The van der Waals surface area contributed by atoms with E-state index in [1.807, 2.05) is 121 Å². The first kappa shape index (κ1) is 19.8. The third-order valence-corrected chi connectivity index (χ3v) is 11.1. The number of rotatable bonds is 7. The van der Waals surface area contributed by atoms with Crippen LogP contribution in [0.3, 0.4) is 0 Å². The van der Waals surface area contributed by atoms with Crippen molar-refractivity contribution in [1.82, 2.24) is 0 Å². The molecule has 30 heavy (non-hydrogen) atoms. The molecule has 4 aromatic rings. The molecule has 0 aromatic heterocycles. The number of hydrogen-bond donors (Lipinski definition) is 0. The molecule has 5 heteroatoms. The zero-order valence-electron chi connectivity index (χ0n) is 16.4. The Morgan fingerprint density at radius 3 is 1.27 bits per heavy atom. The van der Waals surface area contributed by atoms with Crippen LogP contribution >= 0.6 is 6.83 Å². The van der Waals surface area contributed by atoms with Gasteiger partial charge in [-0.25, -0.2) is 0 Å². The van der Waals surface area contributed by atoms with Crippen molar-refractivity contribution in [3.8, 4) is 0 Å². The van der Waals surface area contributed by atoms with Gasteiger partial charge in [0.2, 0.25) is 0 Å². The van der Waals surface area contributed by atoms with Crippen LogP contribution < -0.4 is 15.9 Å². The summed E-state index contributed by atoms with van der Waals surface area (Å²) in [6.07, 6.45) is 0.380. The van der Waals surface area contributed by atoms with Crippen molar-refractivity contribution in [1.29, 1.82) is 0 Å². The van der Waals surface area contributed by atoms with Crippen molar-refractivity contribution in [3.05, 3.63) is 137 Å². The van der Waals surface area contributed by atoms with Crippen LogP contribution in [0.25, 0.3) is 0 Å². The Bertz CT molecular complexity index is 1020. The second kappa shape index (κ2) is 8.10. The van der Waals surface area contributed by atoms with Crippen LogP contribution in [-0.2, 0) is 10.8 Å². The second-order valence-electron chi connectivity index (χ2n) is 7.17. The van der Waals surface area contributed by atoms with Crippen molar-refractivity contribution < 1.29 is 9.71 Å². The number of nitrogens with zero attached hydrogens (tertiary/aromatic N) is 1. The third-order valence-electron chi connectivity index (χ3n) is 5.48. The molecule has 0 amide bonds. The monoisotopic (exact) mass is 415 g/mol. The fourth-order valence-electron chi connectivity index (χ4n) is 4.20. The van der Waals surface area contributed by atoms with Gasteiger partial charge in [-0.15, -0.1) is 0 Å². The van der Waals surface area contributed by atoms with Gasteiger partial charge in [0.1, 0.15) is 0 Å². The summed E-state index contributed by atoms with van der Waals surface area (Å²) >= 11 is 0. The Morgan fingerprint density at radius 1 is 0.600 bits per heavy atom. The minimum atomic E-state index is -4.00. The molecule has 0 N–H and O–H groups in total. The molecular formula is C25H22NO3P. The van der Waals surface area contributed by atoms with Crippen LogP contribution in [0.2, 0.25) is 0 Å². The molecule has 0 unspecified atom stereocenters. The Labute approximate surface area is 175 Å². The first-order valence-electron chi connectivity index (χ1n) is 9.71. The molecule has 0 saturated carbocycles. The van der Waals surface area contributed by atoms with E-state index < -0.39 is 11.9 Å². The number of hydrogen-bond acceptors (Lipinski definition) is 3. The van der Waals surface area contributed by atoms with Gasteiger partial charge in [0.05, 0.1) is 0 Å². The van der Waals surface area contributed by atoms with E-state index in [4.69, 9.17) is 4.62 Å². The van der Waals surface area contributed by atoms with Gasteiger partial charge in [-0.3, -0.25) is 0 Å². The van der Waals surface area contributed by atoms with Crippen molar-refractivity contribution in [2.45, 2.75) is 6.16 Å². The standard InChI is InChI=1S/C25H22NO3P/c27-26(28)29-30(23-15-7-2-8-16-23,24-17-9-3-10-18-24,25-19-11-4-12-20-25)21-22-13-5-1-6-14-22/h1-20H,21H2. The molecular weight excluding hydrogens is 393 g/mol. The van der Waals surface area contributed by atoms with Gasteiger partial charge in [0, 0.05) is 0 Å². The van der Waals surface area contributed by atoms with Gasteiger partial charge in [-0.05, 0) is 0 Å². The summed E-state index contributed by atoms with van der Waals surface area (Å²) in [5.41, 5.74) is 0.980. The van der Waals surface area contributed by atoms with E-state index in [1.54, 1.807) is 0 Å². The fourth-order valence-corrected chi connectivity index (χ4v) is 9.59. The summed E-state index contributed by atoms with van der Waals surface area (Å²) in [5, 5.41) is 14.0. The summed E-state index contributed by atoms with van der Waals surface area (Å²) in [7, 11) is 0. The molecule has 4 rings (SSSR count). The normalized spacial score (nSPS) is 12.5. The van der Waals surface area contributed by atoms with Crippen molar-refractivity contribution in [2.75, 3.05) is 0 Å². The van der Waals surface area contributed by atoms with Crippen molar-refractivity contribution in [3.63, 3.8) is 0 Å². The Balaban J connectivity index is 2.19. The summed E-state index contributed by atoms with van der Waals surface area (Å²) in [6.45, 7) is -4.00. The van der Waals surface area contributed by atoms with Crippen LogP contribution in [0.1, 0.15) is 5.56 Å². The first-order valence-corrected chi connectivity index (χ1v) is 12.1. The van der Waals surface area contributed by atoms with Crippen molar-refractivity contribution in [2.24, 2.45) is 0 Å². The van der Waals surface area contributed by atoms with E-state index in [1.165, 1.54) is 0 Å². The molecule has 0 radical (unpaired) electrons. The third kappa shape index (κ3) is 3.26. The van der Waals surface area contributed by atoms with Crippen LogP contribution in [-0.4, -0.2) is 5.09 Å². The summed E-state index contributed by atoms with van der Waals surface area (Å²) in [4.78, 5) is 12.1. The van der Waals surface area contributed by atoms with Crippen LogP contribution in [0.4, 0.5) is 0 Å². The molecule has 0 aliphatic rings. The summed E-state index contributed by atoms with van der Waals surface area (Å²) in [6, 6.07) is 38.8. The minimum absolute atomic E-state index is 0.380. The molecule has 0 aliphatic heterocycles. The van der Waals surface area contributed by atoms with Gasteiger partial charge in [-0.2, -0.15) is 0 Å². The predicted octanol–water partition coefficient (Wildman–Crippen LogP) is 4.84. The molecule has 0 atom stereocenters. The van der Waals surface area contributed by atoms with E-state index in [0.29, 0.717) is 6.16 Å². The van der Waals surface area contributed by atoms with Crippen molar-refractivity contribution >= 4 is 22.7 Å². The molecule has 150 valence electrons. The molecule has 0 aliphatic carbocycles. The molecule has 0 heterocycles. The Hall–Kier alpha value is -3.49. The number of benzene rings is 4. The SMILES string of the molecule is O=[N+]([O-])OP(Cc1ccccc1)(c1ccccc1)(c1ccccc1)c1ccccc1. The first-order chi connectivity index (χ1) is 14.6. The predicted molar refractivity (Wildman–Crippen MR) is 123 cm³/mol. The van der Waals surface area contributed by atoms with Crippen LogP contribution in [0.15, 0.2) is 121 Å². The van der Waals surface area contributed by atoms with E-state index in [-0.39, 0.29) is 0 Å². The van der Waals surface area contributed by atoms with Gasteiger partial charge >= 0.3 is 176 Å². The maximum atomic E-state index is 12.1. The Morgan fingerprint density at radius 2 is 0.933 bits per heavy atom. The average Bonchev–Trinajstić information content (AvgIpc) is 2.81. The van der Waals surface area contributed by atoms with Gasteiger partial charge < -0.3 is 0 Å². The molecule has 0 saturated heterocycles. The average molecular weight is 415 g/mol.